The summed E-state index contributed by atoms with van der Waals surface area (Å²) in [6, 6.07) is 15.8. The molecule has 0 spiro atoms. The Balaban J connectivity index is 1.61. The van der Waals surface area contributed by atoms with Crippen LogP contribution in [0.3, 0.4) is 0 Å². The summed E-state index contributed by atoms with van der Waals surface area (Å²) < 4.78 is 4.74. The van der Waals surface area contributed by atoms with E-state index in [9.17, 15) is 9.59 Å². The fourth-order valence-electron chi connectivity index (χ4n) is 3.06. The minimum atomic E-state index is -0.373. The van der Waals surface area contributed by atoms with Crippen LogP contribution in [-0.2, 0) is 27.2 Å². The first-order valence-corrected chi connectivity index (χ1v) is 8.66. The number of ether oxygens (including phenoxy) is 1. The average molecular weight is 358 g/mol. The third-order valence-corrected chi connectivity index (χ3v) is 4.78. The molecule has 1 heterocycles. The van der Waals surface area contributed by atoms with Crippen molar-refractivity contribution in [3.63, 3.8) is 0 Å². The van der Waals surface area contributed by atoms with Gasteiger partial charge >= 0.3 is 5.97 Å². The Morgan fingerprint density at radius 2 is 1.64 bits per heavy atom. The molecule has 1 fully saturated rings. The highest BCUT2D eigenvalue weighted by molar-refractivity contribution is 6.30. The van der Waals surface area contributed by atoms with Gasteiger partial charge in [0, 0.05) is 23.7 Å². The SMILES string of the molecule is COC(=O)C1CC(=O)N(c2ccc(CCc3ccc(Cl)cc3)cc2)C1. The van der Waals surface area contributed by atoms with Crippen LogP contribution in [0.15, 0.2) is 48.5 Å². The molecule has 1 aliphatic heterocycles. The van der Waals surface area contributed by atoms with Gasteiger partial charge in [0.05, 0.1) is 13.0 Å². The van der Waals surface area contributed by atoms with Crippen LogP contribution in [0.4, 0.5) is 5.69 Å². The van der Waals surface area contributed by atoms with Crippen LogP contribution >= 0.6 is 11.6 Å². The van der Waals surface area contributed by atoms with Crippen molar-refractivity contribution in [3.8, 4) is 0 Å². The van der Waals surface area contributed by atoms with Crippen molar-refractivity contribution in [1.29, 1.82) is 0 Å². The first kappa shape index (κ1) is 17.5. The third-order valence-electron chi connectivity index (χ3n) is 4.52. The van der Waals surface area contributed by atoms with E-state index in [4.69, 9.17) is 16.3 Å². The smallest absolute Gasteiger partial charge is 0.311 e. The Morgan fingerprint density at radius 1 is 1.08 bits per heavy atom. The number of esters is 1. The topological polar surface area (TPSA) is 46.6 Å². The highest BCUT2D eigenvalue weighted by Gasteiger charge is 2.35. The summed E-state index contributed by atoms with van der Waals surface area (Å²) in [6.45, 7) is 0.385. The summed E-state index contributed by atoms with van der Waals surface area (Å²) in [5.74, 6) is -0.734. The molecule has 1 amide bonds. The molecule has 0 radical (unpaired) electrons. The maximum atomic E-state index is 12.1. The second kappa shape index (κ2) is 7.70. The van der Waals surface area contributed by atoms with Crippen LogP contribution in [-0.4, -0.2) is 25.5 Å². The molecule has 130 valence electrons. The van der Waals surface area contributed by atoms with E-state index in [1.165, 1.54) is 18.2 Å². The number of halogens is 1. The number of rotatable bonds is 5. The second-order valence-electron chi connectivity index (χ2n) is 6.22. The van der Waals surface area contributed by atoms with Gasteiger partial charge in [0.25, 0.3) is 0 Å². The number of hydrogen-bond acceptors (Lipinski definition) is 3. The molecular weight excluding hydrogens is 338 g/mol. The minimum Gasteiger partial charge on any atom is -0.469 e. The molecule has 2 aromatic rings. The van der Waals surface area contributed by atoms with Gasteiger partial charge in [-0.2, -0.15) is 0 Å². The normalized spacial score (nSPS) is 17.0. The van der Waals surface area contributed by atoms with E-state index in [1.54, 1.807) is 4.90 Å². The van der Waals surface area contributed by atoms with Gasteiger partial charge in [-0.15, -0.1) is 0 Å². The molecule has 0 aliphatic carbocycles. The van der Waals surface area contributed by atoms with Crippen molar-refractivity contribution in [2.24, 2.45) is 5.92 Å². The van der Waals surface area contributed by atoms with Crippen molar-refractivity contribution in [2.45, 2.75) is 19.3 Å². The molecule has 3 rings (SSSR count). The van der Waals surface area contributed by atoms with Crippen LogP contribution in [0, 0.1) is 5.92 Å². The third kappa shape index (κ3) is 4.20. The van der Waals surface area contributed by atoms with Crippen molar-refractivity contribution >= 4 is 29.2 Å². The Morgan fingerprint density at radius 3 is 2.20 bits per heavy atom. The minimum absolute atomic E-state index is 0.0377. The summed E-state index contributed by atoms with van der Waals surface area (Å²) >= 11 is 5.90. The molecule has 5 heteroatoms. The lowest BCUT2D eigenvalue weighted by Gasteiger charge is -2.16. The largest absolute Gasteiger partial charge is 0.469 e. The molecule has 0 aromatic heterocycles. The number of anilines is 1. The number of nitrogens with zero attached hydrogens (tertiary/aromatic N) is 1. The first-order chi connectivity index (χ1) is 12.1. The van der Waals surface area contributed by atoms with Gasteiger partial charge in [0.15, 0.2) is 0 Å². The summed E-state index contributed by atoms with van der Waals surface area (Å²) in [5, 5.41) is 0.744. The predicted octanol–water partition coefficient (Wildman–Crippen LogP) is 3.65. The maximum Gasteiger partial charge on any atom is 0.311 e. The molecule has 2 aromatic carbocycles. The van der Waals surface area contributed by atoms with E-state index >= 15 is 0 Å². The molecular formula is C20H20ClNO3. The zero-order valence-corrected chi connectivity index (χ0v) is 14.8. The van der Waals surface area contributed by atoms with Crippen molar-refractivity contribution in [3.05, 3.63) is 64.7 Å². The van der Waals surface area contributed by atoms with Gasteiger partial charge in [0.2, 0.25) is 5.91 Å². The van der Waals surface area contributed by atoms with Crippen LogP contribution in [0.2, 0.25) is 5.02 Å². The Labute approximate surface area is 152 Å². The average Bonchev–Trinajstić information content (AvgIpc) is 3.03. The summed E-state index contributed by atoms with van der Waals surface area (Å²) in [6.07, 6.45) is 2.06. The lowest BCUT2D eigenvalue weighted by atomic mass is 10.0. The van der Waals surface area contributed by atoms with Crippen LogP contribution in [0.25, 0.3) is 0 Å². The van der Waals surface area contributed by atoms with Gasteiger partial charge in [-0.25, -0.2) is 0 Å². The van der Waals surface area contributed by atoms with Crippen LogP contribution in [0.1, 0.15) is 17.5 Å². The van der Waals surface area contributed by atoms with Crippen molar-refractivity contribution < 1.29 is 14.3 Å². The summed E-state index contributed by atoms with van der Waals surface area (Å²) in [5.41, 5.74) is 3.27. The van der Waals surface area contributed by atoms with E-state index in [-0.39, 0.29) is 24.2 Å². The monoisotopic (exact) mass is 357 g/mol. The molecule has 25 heavy (non-hydrogen) atoms. The van der Waals surface area contributed by atoms with Gasteiger partial charge in [0.1, 0.15) is 0 Å². The Kier molecular flexibility index (Phi) is 5.39. The molecule has 1 saturated heterocycles. The van der Waals surface area contributed by atoms with Gasteiger partial charge in [-0.05, 0) is 48.2 Å². The highest BCUT2D eigenvalue weighted by Crippen LogP contribution is 2.26. The molecule has 1 aliphatic rings. The molecule has 0 bridgehead atoms. The number of methoxy groups -OCH3 is 1. The first-order valence-electron chi connectivity index (χ1n) is 8.28. The zero-order chi connectivity index (χ0) is 17.8. The van der Waals surface area contributed by atoms with Gasteiger partial charge < -0.3 is 9.64 Å². The lowest BCUT2D eigenvalue weighted by Crippen LogP contribution is -2.26. The van der Waals surface area contributed by atoms with E-state index in [2.05, 4.69) is 0 Å². The molecule has 1 atom stereocenters. The number of hydrogen-bond donors (Lipinski definition) is 0. The van der Waals surface area contributed by atoms with E-state index < -0.39 is 0 Å². The molecule has 1 unspecified atom stereocenters. The number of aryl methyl sites for hydroxylation is 2. The molecule has 0 saturated carbocycles. The van der Waals surface area contributed by atoms with Crippen molar-refractivity contribution in [1.82, 2.24) is 0 Å². The number of amides is 1. The number of benzene rings is 2. The molecule has 0 N–H and O–H groups in total. The Bertz CT molecular complexity index is 756. The summed E-state index contributed by atoms with van der Waals surface area (Å²) in [4.78, 5) is 25.4. The quantitative estimate of drug-likeness (QED) is 0.767. The van der Waals surface area contributed by atoms with Gasteiger partial charge in [-0.1, -0.05) is 35.9 Å². The maximum absolute atomic E-state index is 12.1. The highest BCUT2D eigenvalue weighted by atomic mass is 35.5. The predicted molar refractivity (Wildman–Crippen MR) is 97.8 cm³/mol. The summed E-state index contributed by atoms with van der Waals surface area (Å²) in [7, 11) is 1.35. The van der Waals surface area contributed by atoms with Crippen LogP contribution < -0.4 is 4.90 Å². The molecule has 4 nitrogen and oxygen atoms in total. The Hall–Kier alpha value is -2.33. The second-order valence-corrected chi connectivity index (χ2v) is 6.66. The fourth-order valence-corrected chi connectivity index (χ4v) is 3.19. The van der Waals surface area contributed by atoms with E-state index in [0.717, 1.165) is 23.6 Å². The lowest BCUT2D eigenvalue weighted by molar-refractivity contribution is -0.145. The number of carbonyl (C=O) groups excluding carboxylic acids is 2. The zero-order valence-electron chi connectivity index (χ0n) is 14.1. The standard InChI is InChI=1S/C20H20ClNO3/c1-25-20(24)16-12-19(23)22(13-16)18-10-6-15(7-11-18)3-2-14-4-8-17(21)9-5-14/h4-11,16H,2-3,12-13H2,1H3. The number of carbonyl (C=O) groups is 2. The van der Waals surface area contributed by atoms with Crippen LogP contribution in [0.5, 0.6) is 0 Å². The van der Waals surface area contributed by atoms with E-state index in [1.807, 2.05) is 48.5 Å². The van der Waals surface area contributed by atoms with Crippen molar-refractivity contribution in [2.75, 3.05) is 18.6 Å². The van der Waals surface area contributed by atoms with E-state index in [0.29, 0.717) is 6.54 Å². The van der Waals surface area contributed by atoms with Gasteiger partial charge in [-0.3, -0.25) is 9.59 Å². The fraction of sp³-hybridized carbons (Fsp3) is 0.300.